The molecule has 0 aliphatic heterocycles. The first-order valence-corrected chi connectivity index (χ1v) is 5.33. The van der Waals surface area contributed by atoms with Gasteiger partial charge in [-0.05, 0) is 12.1 Å². The molecule has 82 valence electrons. The van der Waals surface area contributed by atoms with Crippen LogP contribution in [0.5, 0.6) is 0 Å². The molecule has 0 amide bonds. The zero-order valence-electron chi connectivity index (χ0n) is 8.19. The van der Waals surface area contributed by atoms with Gasteiger partial charge in [0.2, 0.25) is 5.95 Å². The summed E-state index contributed by atoms with van der Waals surface area (Å²) in [6.07, 6.45) is 1.73. The minimum atomic E-state index is 0.309. The van der Waals surface area contributed by atoms with Crippen LogP contribution in [0.4, 0.5) is 5.95 Å². The molecule has 2 heterocycles. The van der Waals surface area contributed by atoms with Gasteiger partial charge in [0.1, 0.15) is 10.3 Å². The number of hydrogen-bond acceptors (Lipinski definition) is 4. The van der Waals surface area contributed by atoms with E-state index in [1.807, 2.05) is 18.2 Å². The van der Waals surface area contributed by atoms with Crippen LogP contribution in [0.3, 0.4) is 0 Å². The Morgan fingerprint density at radius 3 is 2.50 bits per heavy atom. The Morgan fingerprint density at radius 1 is 1.12 bits per heavy atom. The fraction of sp³-hybridized carbons (Fsp3) is 0.100. The molecular weight excluding hydrogens is 247 g/mol. The molecule has 2 aromatic heterocycles. The first-order chi connectivity index (χ1) is 7.74. The molecule has 0 atom stereocenters. The highest BCUT2D eigenvalue weighted by Gasteiger charge is 2.01. The summed E-state index contributed by atoms with van der Waals surface area (Å²) in [5, 5.41) is 3.61. The minimum absolute atomic E-state index is 0.309. The number of hydrogen-bond donors (Lipinski definition) is 1. The average molecular weight is 255 g/mol. The molecule has 2 rings (SSSR count). The van der Waals surface area contributed by atoms with E-state index in [4.69, 9.17) is 23.2 Å². The lowest BCUT2D eigenvalue weighted by atomic mass is 10.3. The van der Waals surface area contributed by atoms with Crippen LogP contribution in [-0.4, -0.2) is 15.0 Å². The molecule has 0 spiro atoms. The second-order valence-electron chi connectivity index (χ2n) is 3.01. The molecule has 0 saturated carbocycles. The van der Waals surface area contributed by atoms with Crippen LogP contribution in [-0.2, 0) is 6.54 Å². The van der Waals surface area contributed by atoms with E-state index >= 15 is 0 Å². The van der Waals surface area contributed by atoms with Crippen LogP contribution in [0.1, 0.15) is 5.69 Å². The topological polar surface area (TPSA) is 50.7 Å². The summed E-state index contributed by atoms with van der Waals surface area (Å²) in [5.41, 5.74) is 0.891. The van der Waals surface area contributed by atoms with Crippen molar-refractivity contribution in [1.82, 2.24) is 15.0 Å². The van der Waals surface area contributed by atoms with Gasteiger partial charge >= 0.3 is 0 Å². The number of nitrogens with zero attached hydrogens (tertiary/aromatic N) is 3. The third-order valence-corrected chi connectivity index (χ3v) is 2.20. The summed E-state index contributed by atoms with van der Waals surface area (Å²) in [7, 11) is 0. The molecule has 0 aliphatic carbocycles. The zero-order valence-corrected chi connectivity index (χ0v) is 9.70. The second kappa shape index (κ2) is 5.09. The molecule has 0 fully saturated rings. The maximum Gasteiger partial charge on any atom is 0.225 e. The molecule has 0 unspecified atom stereocenters. The molecule has 0 bridgehead atoms. The largest absolute Gasteiger partial charge is 0.348 e. The highest BCUT2D eigenvalue weighted by molar-refractivity contribution is 6.33. The predicted molar refractivity (Wildman–Crippen MR) is 63.6 cm³/mol. The number of nitrogens with one attached hydrogen (secondary N) is 1. The Bertz CT molecular complexity index is 455. The SMILES string of the molecule is Clc1cc(Cl)nc(NCc2ccccn2)n1. The molecule has 6 heteroatoms. The molecule has 0 aromatic carbocycles. The Hall–Kier alpha value is -1.39. The van der Waals surface area contributed by atoms with Gasteiger partial charge in [0.05, 0.1) is 12.2 Å². The highest BCUT2D eigenvalue weighted by Crippen LogP contribution is 2.14. The van der Waals surface area contributed by atoms with Crippen molar-refractivity contribution in [1.29, 1.82) is 0 Å². The molecule has 0 aliphatic rings. The Morgan fingerprint density at radius 2 is 1.88 bits per heavy atom. The summed E-state index contributed by atoms with van der Waals surface area (Å²) in [6.45, 7) is 0.525. The molecule has 1 N–H and O–H groups in total. The number of aromatic nitrogens is 3. The Labute approximate surface area is 103 Å². The Kier molecular flexibility index (Phi) is 3.54. The van der Waals surface area contributed by atoms with Gasteiger partial charge in [-0.15, -0.1) is 0 Å². The van der Waals surface area contributed by atoms with Gasteiger partial charge in [-0.25, -0.2) is 9.97 Å². The lowest BCUT2D eigenvalue weighted by Crippen LogP contribution is -2.04. The molecular formula is C10H8Cl2N4. The minimum Gasteiger partial charge on any atom is -0.348 e. The van der Waals surface area contributed by atoms with E-state index in [-0.39, 0.29) is 0 Å². The molecule has 0 radical (unpaired) electrons. The predicted octanol–water partition coefficient (Wildman–Crippen LogP) is 2.79. The average Bonchev–Trinajstić information content (AvgIpc) is 2.27. The summed E-state index contributed by atoms with van der Waals surface area (Å²) in [5.74, 6) is 0.392. The van der Waals surface area contributed by atoms with Crippen molar-refractivity contribution >= 4 is 29.2 Å². The van der Waals surface area contributed by atoms with Gasteiger partial charge in [0, 0.05) is 12.3 Å². The second-order valence-corrected chi connectivity index (χ2v) is 3.79. The monoisotopic (exact) mass is 254 g/mol. The first kappa shape index (κ1) is 11.1. The van der Waals surface area contributed by atoms with Crippen molar-refractivity contribution in [3.05, 3.63) is 46.5 Å². The molecule has 0 saturated heterocycles. The maximum atomic E-state index is 5.74. The fourth-order valence-corrected chi connectivity index (χ4v) is 1.56. The van der Waals surface area contributed by atoms with Crippen LogP contribution in [0.2, 0.25) is 10.3 Å². The lowest BCUT2D eigenvalue weighted by molar-refractivity contribution is 1.00. The van der Waals surface area contributed by atoms with Crippen LogP contribution in [0, 0.1) is 0 Å². The van der Waals surface area contributed by atoms with Crippen LogP contribution >= 0.6 is 23.2 Å². The van der Waals surface area contributed by atoms with Gasteiger partial charge < -0.3 is 5.32 Å². The number of halogens is 2. The van der Waals surface area contributed by atoms with Crippen molar-refractivity contribution in [3.63, 3.8) is 0 Å². The smallest absolute Gasteiger partial charge is 0.225 e. The van der Waals surface area contributed by atoms with E-state index in [9.17, 15) is 0 Å². The third-order valence-electron chi connectivity index (χ3n) is 1.82. The summed E-state index contributed by atoms with van der Waals surface area (Å²) in [4.78, 5) is 12.1. The molecule has 16 heavy (non-hydrogen) atoms. The van der Waals surface area contributed by atoms with Gasteiger partial charge in [-0.1, -0.05) is 29.3 Å². The number of pyridine rings is 1. The molecule has 4 nitrogen and oxygen atoms in total. The summed E-state index contributed by atoms with van der Waals surface area (Å²) in [6, 6.07) is 7.15. The summed E-state index contributed by atoms with van der Waals surface area (Å²) < 4.78 is 0. The van der Waals surface area contributed by atoms with Crippen LogP contribution in [0.25, 0.3) is 0 Å². The van der Waals surface area contributed by atoms with Crippen LogP contribution < -0.4 is 5.32 Å². The van der Waals surface area contributed by atoms with E-state index in [0.717, 1.165) is 5.69 Å². The Balaban J connectivity index is 2.05. The fourth-order valence-electron chi connectivity index (χ4n) is 1.14. The number of anilines is 1. The van der Waals surface area contributed by atoms with Crippen molar-refractivity contribution in [2.75, 3.05) is 5.32 Å². The first-order valence-electron chi connectivity index (χ1n) is 4.58. The zero-order chi connectivity index (χ0) is 11.4. The van der Waals surface area contributed by atoms with Crippen molar-refractivity contribution in [2.45, 2.75) is 6.54 Å². The van der Waals surface area contributed by atoms with Gasteiger partial charge in [0.15, 0.2) is 0 Å². The third kappa shape index (κ3) is 3.05. The number of rotatable bonds is 3. The van der Waals surface area contributed by atoms with Gasteiger partial charge in [0.25, 0.3) is 0 Å². The normalized spacial score (nSPS) is 10.1. The quantitative estimate of drug-likeness (QED) is 0.857. The summed E-state index contributed by atoms with van der Waals surface area (Å²) >= 11 is 11.5. The maximum absolute atomic E-state index is 5.74. The molecule has 2 aromatic rings. The van der Waals surface area contributed by atoms with E-state index in [1.165, 1.54) is 6.07 Å². The van der Waals surface area contributed by atoms with Crippen molar-refractivity contribution in [3.8, 4) is 0 Å². The standard InChI is InChI=1S/C10H8Cl2N4/c11-8-5-9(12)16-10(15-8)14-6-7-3-1-2-4-13-7/h1-5H,6H2,(H,14,15,16). The van der Waals surface area contributed by atoms with E-state index in [1.54, 1.807) is 6.20 Å². The van der Waals surface area contributed by atoms with Gasteiger partial charge in [-0.2, -0.15) is 0 Å². The van der Waals surface area contributed by atoms with E-state index in [0.29, 0.717) is 22.8 Å². The van der Waals surface area contributed by atoms with Crippen LogP contribution in [0.15, 0.2) is 30.5 Å². The van der Waals surface area contributed by atoms with Crippen molar-refractivity contribution < 1.29 is 0 Å². The van der Waals surface area contributed by atoms with E-state index < -0.39 is 0 Å². The lowest BCUT2D eigenvalue weighted by Gasteiger charge is -2.04. The van der Waals surface area contributed by atoms with Gasteiger partial charge in [-0.3, -0.25) is 4.98 Å². The van der Waals surface area contributed by atoms with Crippen molar-refractivity contribution in [2.24, 2.45) is 0 Å². The highest BCUT2D eigenvalue weighted by atomic mass is 35.5. The van der Waals surface area contributed by atoms with E-state index in [2.05, 4.69) is 20.3 Å².